The molecule has 1 aliphatic rings. The molecule has 0 radical (unpaired) electrons. The van der Waals surface area contributed by atoms with Crippen LogP contribution < -0.4 is 0 Å². The van der Waals surface area contributed by atoms with Crippen molar-refractivity contribution >= 4 is 17.2 Å². The number of ether oxygens (including phenoxy) is 1. The summed E-state index contributed by atoms with van der Waals surface area (Å²) < 4.78 is 32.9. The van der Waals surface area contributed by atoms with E-state index < -0.39 is 17.5 Å². The van der Waals surface area contributed by atoms with Gasteiger partial charge in [-0.25, -0.2) is 8.78 Å². The third-order valence-corrected chi connectivity index (χ3v) is 4.68. The van der Waals surface area contributed by atoms with Crippen LogP contribution >= 0.6 is 11.3 Å². The molecule has 0 aliphatic carbocycles. The number of thiophene rings is 1. The van der Waals surface area contributed by atoms with Crippen molar-refractivity contribution in [3.63, 3.8) is 0 Å². The smallest absolute Gasteiger partial charge is 0.257 e. The fourth-order valence-electron chi connectivity index (χ4n) is 2.68. The fraction of sp³-hybridized carbons (Fsp3) is 0.353. The molecule has 0 bridgehead atoms. The highest BCUT2D eigenvalue weighted by Crippen LogP contribution is 2.20. The second-order valence-electron chi connectivity index (χ2n) is 5.52. The molecule has 1 amide bonds. The average Bonchev–Trinajstić information content (AvgIpc) is 3.22. The van der Waals surface area contributed by atoms with Gasteiger partial charge in [0.2, 0.25) is 0 Å². The first-order valence-electron chi connectivity index (χ1n) is 7.52. The van der Waals surface area contributed by atoms with E-state index in [0.29, 0.717) is 19.7 Å². The molecule has 2 heterocycles. The topological polar surface area (TPSA) is 29.5 Å². The van der Waals surface area contributed by atoms with Crippen LogP contribution in [0.3, 0.4) is 0 Å². The van der Waals surface area contributed by atoms with Crippen molar-refractivity contribution in [1.82, 2.24) is 4.90 Å². The molecule has 3 rings (SSSR count). The Morgan fingerprint density at radius 2 is 2.22 bits per heavy atom. The largest absolute Gasteiger partial charge is 0.376 e. The highest BCUT2D eigenvalue weighted by molar-refractivity contribution is 7.09. The molecule has 0 N–H and O–H groups in total. The van der Waals surface area contributed by atoms with E-state index in [0.717, 1.165) is 35.9 Å². The third-order valence-electron chi connectivity index (χ3n) is 3.82. The average molecular weight is 337 g/mol. The lowest BCUT2D eigenvalue weighted by Gasteiger charge is -2.25. The summed E-state index contributed by atoms with van der Waals surface area (Å²) in [6.07, 6.45) is 1.79. The predicted molar refractivity (Wildman–Crippen MR) is 84.4 cm³/mol. The quantitative estimate of drug-likeness (QED) is 0.829. The van der Waals surface area contributed by atoms with Gasteiger partial charge in [-0.2, -0.15) is 0 Å². The monoisotopic (exact) mass is 337 g/mol. The zero-order valence-corrected chi connectivity index (χ0v) is 13.3. The molecule has 0 saturated carbocycles. The van der Waals surface area contributed by atoms with E-state index in [4.69, 9.17) is 4.74 Å². The highest BCUT2D eigenvalue weighted by Gasteiger charge is 2.25. The van der Waals surface area contributed by atoms with Gasteiger partial charge < -0.3 is 9.64 Å². The number of halogens is 2. The Morgan fingerprint density at radius 1 is 1.35 bits per heavy atom. The molecule has 1 atom stereocenters. The van der Waals surface area contributed by atoms with Gasteiger partial charge in [-0.3, -0.25) is 4.79 Å². The lowest BCUT2D eigenvalue weighted by Crippen LogP contribution is -2.37. The van der Waals surface area contributed by atoms with Gasteiger partial charge in [0.15, 0.2) is 0 Å². The molecule has 1 fully saturated rings. The summed E-state index contributed by atoms with van der Waals surface area (Å²) in [6.45, 7) is 1.43. The Labute approximate surface area is 137 Å². The van der Waals surface area contributed by atoms with Crippen molar-refractivity contribution < 1.29 is 18.3 Å². The molecule has 23 heavy (non-hydrogen) atoms. The van der Waals surface area contributed by atoms with Crippen molar-refractivity contribution in [2.45, 2.75) is 25.5 Å². The van der Waals surface area contributed by atoms with Crippen molar-refractivity contribution in [3.05, 3.63) is 57.8 Å². The number of carbonyl (C=O) groups is 1. The Morgan fingerprint density at radius 3 is 2.91 bits per heavy atom. The molecule has 0 spiro atoms. The van der Waals surface area contributed by atoms with Gasteiger partial charge in [0.05, 0.1) is 18.2 Å². The van der Waals surface area contributed by atoms with Crippen LogP contribution in [0, 0.1) is 11.6 Å². The Balaban J connectivity index is 1.83. The van der Waals surface area contributed by atoms with Crippen molar-refractivity contribution in [1.29, 1.82) is 0 Å². The zero-order chi connectivity index (χ0) is 16.2. The lowest BCUT2D eigenvalue weighted by molar-refractivity contribution is 0.0506. The first-order valence-corrected chi connectivity index (χ1v) is 8.40. The molecule has 1 aromatic carbocycles. The van der Waals surface area contributed by atoms with E-state index >= 15 is 0 Å². The van der Waals surface area contributed by atoms with Crippen LogP contribution in [-0.4, -0.2) is 30.1 Å². The van der Waals surface area contributed by atoms with Crippen LogP contribution in [0.4, 0.5) is 8.78 Å². The van der Waals surface area contributed by atoms with Gasteiger partial charge in [-0.05, 0) is 42.5 Å². The minimum atomic E-state index is -0.708. The maximum Gasteiger partial charge on any atom is 0.257 e. The molecular formula is C17H17F2NO2S. The Kier molecular flexibility index (Phi) is 5.03. The van der Waals surface area contributed by atoms with Crippen molar-refractivity contribution in [3.8, 4) is 0 Å². The maximum absolute atomic E-state index is 13.9. The number of benzene rings is 1. The van der Waals surface area contributed by atoms with E-state index in [-0.39, 0.29) is 11.7 Å². The van der Waals surface area contributed by atoms with Crippen LogP contribution in [0.15, 0.2) is 35.7 Å². The van der Waals surface area contributed by atoms with E-state index in [2.05, 4.69) is 0 Å². The summed E-state index contributed by atoms with van der Waals surface area (Å²) in [4.78, 5) is 15.2. The van der Waals surface area contributed by atoms with E-state index in [1.165, 1.54) is 11.3 Å². The summed E-state index contributed by atoms with van der Waals surface area (Å²) in [6, 6.07) is 6.77. The summed E-state index contributed by atoms with van der Waals surface area (Å²) in [7, 11) is 0. The van der Waals surface area contributed by atoms with Crippen molar-refractivity contribution in [2.24, 2.45) is 0 Å². The maximum atomic E-state index is 13.9. The number of hydrogen-bond donors (Lipinski definition) is 0. The normalized spacial score (nSPS) is 17.4. The lowest BCUT2D eigenvalue weighted by atomic mass is 10.1. The first kappa shape index (κ1) is 16.1. The van der Waals surface area contributed by atoms with Gasteiger partial charge in [0.1, 0.15) is 11.6 Å². The van der Waals surface area contributed by atoms with Gasteiger partial charge >= 0.3 is 0 Å². The minimum Gasteiger partial charge on any atom is -0.376 e. The fourth-order valence-corrected chi connectivity index (χ4v) is 3.40. The van der Waals surface area contributed by atoms with Gasteiger partial charge in [-0.15, -0.1) is 11.3 Å². The van der Waals surface area contributed by atoms with Crippen LogP contribution in [0.5, 0.6) is 0 Å². The van der Waals surface area contributed by atoms with Crippen LogP contribution in [0.2, 0.25) is 0 Å². The third kappa shape index (κ3) is 3.95. The van der Waals surface area contributed by atoms with Gasteiger partial charge in [0.25, 0.3) is 5.91 Å². The first-order chi connectivity index (χ1) is 11.1. The Hall–Kier alpha value is -1.79. The zero-order valence-electron chi connectivity index (χ0n) is 12.5. The highest BCUT2D eigenvalue weighted by atomic mass is 32.1. The van der Waals surface area contributed by atoms with E-state index in [1.54, 1.807) is 4.90 Å². The molecule has 2 aromatic rings. The summed E-state index contributed by atoms with van der Waals surface area (Å²) in [5, 5.41) is 1.92. The van der Waals surface area contributed by atoms with E-state index in [1.807, 2.05) is 17.5 Å². The summed E-state index contributed by atoms with van der Waals surface area (Å²) in [5.41, 5.74) is -0.237. The molecule has 1 saturated heterocycles. The summed E-state index contributed by atoms with van der Waals surface area (Å²) >= 11 is 1.53. The van der Waals surface area contributed by atoms with Gasteiger partial charge in [0, 0.05) is 18.0 Å². The number of carbonyl (C=O) groups excluding carboxylic acids is 1. The van der Waals surface area contributed by atoms with Crippen LogP contribution in [0.25, 0.3) is 0 Å². The molecule has 1 aromatic heterocycles. The Bertz CT molecular complexity index is 669. The number of hydrogen-bond acceptors (Lipinski definition) is 3. The number of amides is 1. The molecule has 122 valence electrons. The predicted octanol–water partition coefficient (Wildman–Crippen LogP) is 3.85. The van der Waals surface area contributed by atoms with Crippen LogP contribution in [-0.2, 0) is 11.3 Å². The number of rotatable bonds is 5. The SMILES string of the molecule is O=C(c1cc(F)ccc1F)N(Cc1cccs1)CC1CCCO1. The van der Waals surface area contributed by atoms with Crippen molar-refractivity contribution in [2.75, 3.05) is 13.2 Å². The van der Waals surface area contributed by atoms with Crippen LogP contribution in [0.1, 0.15) is 28.1 Å². The second kappa shape index (κ2) is 7.19. The standard InChI is InChI=1S/C17H17F2NO2S/c18-12-5-6-16(19)15(9-12)17(21)20(10-13-3-1-7-22-13)11-14-4-2-8-23-14/h2,4-6,8-9,13H,1,3,7,10-11H2. The van der Waals surface area contributed by atoms with Gasteiger partial charge in [-0.1, -0.05) is 6.07 Å². The molecule has 1 unspecified atom stereocenters. The number of nitrogens with zero attached hydrogens (tertiary/aromatic N) is 1. The minimum absolute atomic E-state index is 0.0458. The molecule has 6 heteroatoms. The summed E-state index contributed by atoms with van der Waals surface area (Å²) in [5.74, 6) is -1.84. The molecular weight excluding hydrogens is 320 g/mol. The van der Waals surface area contributed by atoms with E-state index in [9.17, 15) is 13.6 Å². The molecule has 1 aliphatic heterocycles. The molecule has 3 nitrogen and oxygen atoms in total. The second-order valence-corrected chi connectivity index (χ2v) is 6.56.